The molecule has 0 atom stereocenters. The normalized spacial score (nSPS) is 17.9. The molecule has 0 bridgehead atoms. The maximum atomic E-state index is 10.3. The summed E-state index contributed by atoms with van der Waals surface area (Å²) in [6.07, 6.45) is 7.95. The quantitative estimate of drug-likeness (QED) is 0.884. The highest BCUT2D eigenvalue weighted by Crippen LogP contribution is 2.28. The SMILES string of the molecule is OC1(CNCc2cncc3ccccc23)CCCC1. The molecule has 1 fully saturated rings. The minimum absolute atomic E-state index is 0.488. The first kappa shape index (κ1) is 12.6. The van der Waals surface area contributed by atoms with Gasteiger partial charge in [-0.3, -0.25) is 4.98 Å². The molecule has 2 N–H and O–H groups in total. The summed E-state index contributed by atoms with van der Waals surface area (Å²) >= 11 is 0. The van der Waals surface area contributed by atoms with Gasteiger partial charge in [-0.15, -0.1) is 0 Å². The maximum Gasteiger partial charge on any atom is 0.0771 e. The fraction of sp³-hybridized carbons (Fsp3) is 0.438. The molecule has 0 radical (unpaired) electrons. The molecule has 0 aliphatic heterocycles. The van der Waals surface area contributed by atoms with Crippen molar-refractivity contribution in [2.45, 2.75) is 37.8 Å². The predicted octanol–water partition coefficient (Wildman–Crippen LogP) is 2.63. The Morgan fingerprint density at radius 1 is 1.16 bits per heavy atom. The highest BCUT2D eigenvalue weighted by Gasteiger charge is 2.30. The zero-order valence-corrected chi connectivity index (χ0v) is 11.1. The van der Waals surface area contributed by atoms with Crippen LogP contribution in [0.2, 0.25) is 0 Å². The Balaban J connectivity index is 1.68. The van der Waals surface area contributed by atoms with Crippen LogP contribution in [-0.2, 0) is 6.54 Å². The van der Waals surface area contributed by atoms with Crippen LogP contribution in [0.3, 0.4) is 0 Å². The lowest BCUT2D eigenvalue weighted by Crippen LogP contribution is -2.37. The van der Waals surface area contributed by atoms with E-state index in [2.05, 4.69) is 28.5 Å². The van der Waals surface area contributed by atoms with Crippen LogP contribution in [0.5, 0.6) is 0 Å². The van der Waals surface area contributed by atoms with E-state index in [1.807, 2.05) is 18.5 Å². The van der Waals surface area contributed by atoms with Gasteiger partial charge in [-0.25, -0.2) is 0 Å². The molecule has 1 saturated carbocycles. The number of hydrogen-bond acceptors (Lipinski definition) is 3. The molecule has 1 aromatic carbocycles. The molecule has 3 heteroatoms. The molecule has 19 heavy (non-hydrogen) atoms. The van der Waals surface area contributed by atoms with Gasteiger partial charge in [0.1, 0.15) is 0 Å². The van der Waals surface area contributed by atoms with Crippen molar-refractivity contribution in [2.24, 2.45) is 0 Å². The Hall–Kier alpha value is -1.45. The average molecular weight is 256 g/mol. The summed E-state index contributed by atoms with van der Waals surface area (Å²) in [6.45, 7) is 1.44. The average Bonchev–Trinajstić information content (AvgIpc) is 2.86. The van der Waals surface area contributed by atoms with E-state index in [9.17, 15) is 5.11 Å². The van der Waals surface area contributed by atoms with Crippen LogP contribution in [0.25, 0.3) is 10.8 Å². The molecule has 1 aromatic heterocycles. The summed E-state index contributed by atoms with van der Waals surface area (Å²) in [5, 5.41) is 16.1. The van der Waals surface area contributed by atoms with Gasteiger partial charge in [0.15, 0.2) is 0 Å². The van der Waals surface area contributed by atoms with Crippen molar-refractivity contribution in [1.82, 2.24) is 10.3 Å². The number of hydrogen-bond donors (Lipinski definition) is 2. The third kappa shape index (κ3) is 2.77. The van der Waals surface area contributed by atoms with Gasteiger partial charge in [-0.1, -0.05) is 37.1 Å². The number of aromatic nitrogens is 1. The first-order valence-electron chi connectivity index (χ1n) is 7.02. The Bertz CT molecular complexity index is 556. The van der Waals surface area contributed by atoms with Crippen molar-refractivity contribution in [1.29, 1.82) is 0 Å². The molecule has 0 saturated heterocycles. The van der Waals surface area contributed by atoms with Crippen molar-refractivity contribution in [2.75, 3.05) is 6.54 Å². The van der Waals surface area contributed by atoms with Crippen molar-refractivity contribution in [3.8, 4) is 0 Å². The van der Waals surface area contributed by atoms with Crippen LogP contribution in [0.15, 0.2) is 36.7 Å². The molecule has 3 rings (SSSR count). The van der Waals surface area contributed by atoms with Crippen LogP contribution in [0.1, 0.15) is 31.2 Å². The van der Waals surface area contributed by atoms with E-state index >= 15 is 0 Å². The van der Waals surface area contributed by atoms with E-state index in [0.29, 0.717) is 6.54 Å². The third-order valence-electron chi connectivity index (χ3n) is 4.05. The number of fused-ring (bicyclic) bond motifs is 1. The molecule has 0 unspecified atom stereocenters. The molecule has 2 aromatic rings. The minimum atomic E-state index is -0.488. The third-order valence-corrected chi connectivity index (χ3v) is 4.05. The lowest BCUT2D eigenvalue weighted by Gasteiger charge is -2.22. The highest BCUT2D eigenvalue weighted by atomic mass is 16.3. The van der Waals surface area contributed by atoms with E-state index in [-0.39, 0.29) is 0 Å². The molecule has 3 nitrogen and oxygen atoms in total. The zero-order valence-electron chi connectivity index (χ0n) is 11.1. The van der Waals surface area contributed by atoms with Crippen molar-refractivity contribution < 1.29 is 5.11 Å². The van der Waals surface area contributed by atoms with E-state index in [4.69, 9.17) is 0 Å². The first-order chi connectivity index (χ1) is 9.27. The Morgan fingerprint density at radius 2 is 1.95 bits per heavy atom. The van der Waals surface area contributed by atoms with E-state index in [1.165, 1.54) is 16.3 Å². The van der Waals surface area contributed by atoms with E-state index < -0.39 is 5.60 Å². The molecule has 100 valence electrons. The Kier molecular flexibility index (Phi) is 3.49. The van der Waals surface area contributed by atoms with Gasteiger partial charge in [0.25, 0.3) is 0 Å². The number of nitrogens with zero attached hydrogens (tertiary/aromatic N) is 1. The van der Waals surface area contributed by atoms with Gasteiger partial charge in [-0.2, -0.15) is 0 Å². The second-order valence-electron chi connectivity index (χ2n) is 5.55. The molecule has 0 spiro atoms. The lowest BCUT2D eigenvalue weighted by molar-refractivity contribution is 0.0475. The van der Waals surface area contributed by atoms with Crippen LogP contribution in [0.4, 0.5) is 0 Å². The molecule has 1 aliphatic rings. The van der Waals surface area contributed by atoms with Crippen LogP contribution in [-0.4, -0.2) is 22.2 Å². The molecule has 1 aliphatic carbocycles. The van der Waals surface area contributed by atoms with Crippen LogP contribution in [0, 0.1) is 0 Å². The number of aliphatic hydroxyl groups is 1. The molecule has 0 amide bonds. The van der Waals surface area contributed by atoms with Crippen molar-refractivity contribution in [3.05, 3.63) is 42.2 Å². The maximum absolute atomic E-state index is 10.3. The Labute approximate surface area is 113 Å². The van der Waals surface area contributed by atoms with Gasteiger partial charge in [0, 0.05) is 30.9 Å². The van der Waals surface area contributed by atoms with Crippen LogP contribution < -0.4 is 5.32 Å². The smallest absolute Gasteiger partial charge is 0.0771 e. The van der Waals surface area contributed by atoms with Gasteiger partial charge < -0.3 is 10.4 Å². The van der Waals surface area contributed by atoms with Gasteiger partial charge >= 0.3 is 0 Å². The standard InChI is InChI=1S/C16H20N2O/c19-16(7-3-4-8-16)12-18-11-14-10-17-9-13-5-1-2-6-15(13)14/h1-2,5-6,9-10,18-19H,3-4,7-8,11-12H2. The molecular formula is C16H20N2O. The monoisotopic (exact) mass is 256 g/mol. The Morgan fingerprint density at radius 3 is 2.79 bits per heavy atom. The highest BCUT2D eigenvalue weighted by molar-refractivity contribution is 5.84. The minimum Gasteiger partial charge on any atom is -0.389 e. The number of benzene rings is 1. The van der Waals surface area contributed by atoms with Crippen molar-refractivity contribution >= 4 is 10.8 Å². The second-order valence-corrected chi connectivity index (χ2v) is 5.55. The fourth-order valence-electron chi connectivity index (χ4n) is 2.96. The summed E-state index contributed by atoms with van der Waals surface area (Å²) in [6, 6.07) is 8.29. The zero-order chi connectivity index (χ0) is 13.1. The van der Waals surface area contributed by atoms with Gasteiger partial charge in [0.05, 0.1) is 5.60 Å². The second kappa shape index (κ2) is 5.27. The summed E-state index contributed by atoms with van der Waals surface area (Å²) in [4.78, 5) is 4.28. The number of rotatable bonds is 4. The van der Waals surface area contributed by atoms with Crippen LogP contribution >= 0.6 is 0 Å². The van der Waals surface area contributed by atoms with E-state index in [1.54, 1.807) is 0 Å². The lowest BCUT2D eigenvalue weighted by atomic mass is 10.0. The molecular weight excluding hydrogens is 236 g/mol. The largest absolute Gasteiger partial charge is 0.389 e. The van der Waals surface area contributed by atoms with Gasteiger partial charge in [0.2, 0.25) is 0 Å². The summed E-state index contributed by atoms with van der Waals surface area (Å²) in [5.41, 5.74) is 0.706. The van der Waals surface area contributed by atoms with E-state index in [0.717, 1.165) is 32.2 Å². The summed E-state index contributed by atoms with van der Waals surface area (Å²) in [5.74, 6) is 0. The molecule has 1 heterocycles. The van der Waals surface area contributed by atoms with Crippen molar-refractivity contribution in [3.63, 3.8) is 0 Å². The first-order valence-corrected chi connectivity index (χ1v) is 7.02. The predicted molar refractivity (Wildman–Crippen MR) is 76.9 cm³/mol. The number of nitrogens with one attached hydrogen (secondary N) is 1. The topological polar surface area (TPSA) is 45.1 Å². The summed E-state index contributed by atoms with van der Waals surface area (Å²) < 4.78 is 0. The van der Waals surface area contributed by atoms with Gasteiger partial charge in [-0.05, 0) is 23.8 Å². The fourth-order valence-corrected chi connectivity index (χ4v) is 2.96. The number of pyridine rings is 1. The summed E-state index contributed by atoms with van der Waals surface area (Å²) in [7, 11) is 0.